The van der Waals surface area contributed by atoms with E-state index >= 15 is 0 Å². The van der Waals surface area contributed by atoms with E-state index in [0.29, 0.717) is 0 Å². The lowest BCUT2D eigenvalue weighted by atomic mass is 10.0. The van der Waals surface area contributed by atoms with Gasteiger partial charge >= 0.3 is 0 Å². The predicted molar refractivity (Wildman–Crippen MR) is 155 cm³/mol. The van der Waals surface area contributed by atoms with Crippen LogP contribution in [-0.4, -0.2) is 30.1 Å². The van der Waals surface area contributed by atoms with Crippen LogP contribution in [0, 0.1) is 0 Å². The van der Waals surface area contributed by atoms with Gasteiger partial charge in [-0.2, -0.15) is 5.10 Å². The molecule has 39 heavy (non-hydrogen) atoms. The van der Waals surface area contributed by atoms with Gasteiger partial charge in [0.05, 0.1) is 11.2 Å². The summed E-state index contributed by atoms with van der Waals surface area (Å²) < 4.78 is 0. The van der Waals surface area contributed by atoms with Crippen molar-refractivity contribution in [1.82, 2.24) is 35.5 Å². The van der Waals surface area contributed by atoms with Gasteiger partial charge < -0.3 is 10.3 Å². The molecule has 7 heteroatoms. The molecule has 0 radical (unpaired) electrons. The van der Waals surface area contributed by atoms with E-state index in [1.807, 2.05) is 42.9 Å². The Morgan fingerprint density at radius 3 is 2.44 bits per heavy atom. The molecule has 7 nitrogen and oxygen atoms in total. The monoisotopic (exact) mass is 507 g/mol. The zero-order valence-electron chi connectivity index (χ0n) is 21.1. The number of H-pyrrole nitrogens is 2. The van der Waals surface area contributed by atoms with Crippen LogP contribution >= 0.6 is 0 Å². The predicted octanol–water partition coefficient (Wildman–Crippen LogP) is 6.52. The van der Waals surface area contributed by atoms with E-state index in [4.69, 9.17) is 0 Å². The molecule has 0 aliphatic rings. The van der Waals surface area contributed by atoms with E-state index in [9.17, 15) is 0 Å². The highest BCUT2D eigenvalue weighted by Crippen LogP contribution is 2.34. The molecule has 0 saturated carbocycles. The highest BCUT2D eigenvalue weighted by molar-refractivity contribution is 6.00. The van der Waals surface area contributed by atoms with Crippen molar-refractivity contribution in [3.63, 3.8) is 0 Å². The van der Waals surface area contributed by atoms with E-state index in [1.165, 1.54) is 5.56 Å². The highest BCUT2D eigenvalue weighted by Gasteiger charge is 2.15. The zero-order valence-corrected chi connectivity index (χ0v) is 21.1. The molecule has 0 saturated heterocycles. The van der Waals surface area contributed by atoms with E-state index in [0.717, 1.165) is 74.2 Å². The van der Waals surface area contributed by atoms with Gasteiger partial charge in [-0.25, -0.2) is 4.98 Å². The second-order valence-electron chi connectivity index (χ2n) is 9.54. The number of nitrogens with zero attached hydrogens (tertiary/aromatic N) is 4. The van der Waals surface area contributed by atoms with Crippen molar-refractivity contribution in [1.29, 1.82) is 0 Å². The summed E-state index contributed by atoms with van der Waals surface area (Å²) in [7, 11) is 0. The normalized spacial score (nSPS) is 11.4. The van der Waals surface area contributed by atoms with Crippen LogP contribution in [-0.2, 0) is 13.1 Å². The third-order valence-corrected chi connectivity index (χ3v) is 6.97. The first kappa shape index (κ1) is 23.0. The molecule has 0 spiro atoms. The van der Waals surface area contributed by atoms with Crippen LogP contribution in [0.4, 0.5) is 0 Å². The van der Waals surface area contributed by atoms with Crippen molar-refractivity contribution < 1.29 is 0 Å². The van der Waals surface area contributed by atoms with Gasteiger partial charge in [0.2, 0.25) is 0 Å². The second-order valence-corrected chi connectivity index (χ2v) is 9.54. The Balaban J connectivity index is 1.20. The van der Waals surface area contributed by atoms with Gasteiger partial charge in [-0.05, 0) is 70.3 Å². The van der Waals surface area contributed by atoms with Gasteiger partial charge in [-0.1, -0.05) is 36.4 Å². The van der Waals surface area contributed by atoms with Gasteiger partial charge in [0.1, 0.15) is 11.3 Å². The van der Waals surface area contributed by atoms with Crippen LogP contribution in [0.1, 0.15) is 11.1 Å². The fourth-order valence-electron chi connectivity index (χ4n) is 5.03. The molecule has 0 unspecified atom stereocenters. The molecule has 2 aromatic carbocycles. The molecule has 5 aromatic heterocycles. The fraction of sp³-hybridized carbons (Fsp3) is 0.0625. The molecule has 3 N–H and O–H groups in total. The second kappa shape index (κ2) is 9.96. The standard InChI is InChI=1S/C32H25N7/c1-2-4-21(5-3-1)17-34-18-22-14-25(20-35-19-22)24-6-7-29-28(15-24)31(39-38-29)30-16-27-26(10-13-36-32(27)37-30)23-8-11-33-12-9-23/h1-16,19-20,34H,17-18H2,(H,36,37)(H,38,39). The van der Waals surface area contributed by atoms with Gasteiger partial charge in [-0.15, -0.1) is 0 Å². The van der Waals surface area contributed by atoms with Gasteiger partial charge in [0, 0.05) is 60.4 Å². The lowest BCUT2D eigenvalue weighted by Crippen LogP contribution is -2.12. The van der Waals surface area contributed by atoms with Crippen LogP contribution < -0.4 is 5.32 Å². The van der Waals surface area contributed by atoms with Crippen LogP contribution in [0.15, 0.2) is 110 Å². The molecule has 0 fully saturated rings. The number of pyridine rings is 3. The molecule has 5 heterocycles. The number of hydrogen-bond acceptors (Lipinski definition) is 5. The minimum atomic E-state index is 0.747. The summed E-state index contributed by atoms with van der Waals surface area (Å²) in [6.07, 6.45) is 9.27. The van der Waals surface area contributed by atoms with Crippen molar-refractivity contribution in [2.45, 2.75) is 13.1 Å². The summed E-state index contributed by atoms with van der Waals surface area (Å²) in [4.78, 5) is 16.7. The lowest BCUT2D eigenvalue weighted by Gasteiger charge is -2.08. The van der Waals surface area contributed by atoms with Crippen molar-refractivity contribution in [2.24, 2.45) is 0 Å². The summed E-state index contributed by atoms with van der Waals surface area (Å²) in [5, 5.41) is 13.5. The minimum Gasteiger partial charge on any atom is -0.338 e. The maximum absolute atomic E-state index is 4.67. The Labute approximate surface area is 225 Å². The van der Waals surface area contributed by atoms with E-state index < -0.39 is 0 Å². The minimum absolute atomic E-state index is 0.747. The maximum Gasteiger partial charge on any atom is 0.138 e. The van der Waals surface area contributed by atoms with E-state index in [2.05, 4.69) is 90.0 Å². The highest BCUT2D eigenvalue weighted by atomic mass is 15.1. The number of fused-ring (bicyclic) bond motifs is 2. The third-order valence-electron chi connectivity index (χ3n) is 6.97. The molecule has 0 amide bonds. The largest absolute Gasteiger partial charge is 0.338 e. The maximum atomic E-state index is 4.67. The first-order chi connectivity index (χ1) is 19.3. The number of hydrogen-bond donors (Lipinski definition) is 3. The third kappa shape index (κ3) is 4.56. The summed E-state index contributed by atoms with van der Waals surface area (Å²) in [6, 6.07) is 27.1. The fourth-order valence-corrected chi connectivity index (χ4v) is 5.03. The van der Waals surface area contributed by atoms with Crippen molar-refractivity contribution in [3.8, 4) is 33.6 Å². The van der Waals surface area contributed by atoms with Crippen molar-refractivity contribution >= 4 is 21.9 Å². The summed E-state index contributed by atoms with van der Waals surface area (Å²) >= 11 is 0. The molecule has 0 atom stereocenters. The Morgan fingerprint density at radius 1 is 0.667 bits per heavy atom. The Morgan fingerprint density at radius 2 is 1.54 bits per heavy atom. The van der Waals surface area contributed by atoms with Crippen molar-refractivity contribution in [2.75, 3.05) is 0 Å². The number of nitrogens with one attached hydrogen (secondary N) is 3. The van der Waals surface area contributed by atoms with E-state index in [1.54, 1.807) is 12.4 Å². The van der Waals surface area contributed by atoms with Gasteiger partial charge in [0.25, 0.3) is 0 Å². The van der Waals surface area contributed by atoms with Crippen molar-refractivity contribution in [3.05, 3.63) is 121 Å². The Hall–Kier alpha value is -5.14. The average molecular weight is 508 g/mol. The molecule has 0 aliphatic heterocycles. The summed E-state index contributed by atoms with van der Waals surface area (Å²) in [5.74, 6) is 0. The zero-order chi connectivity index (χ0) is 26.0. The average Bonchev–Trinajstić information content (AvgIpc) is 3.62. The lowest BCUT2D eigenvalue weighted by molar-refractivity contribution is 0.691. The van der Waals surface area contributed by atoms with Crippen LogP contribution in [0.3, 0.4) is 0 Å². The van der Waals surface area contributed by atoms with Crippen LogP contribution in [0.2, 0.25) is 0 Å². The first-order valence-electron chi connectivity index (χ1n) is 12.9. The van der Waals surface area contributed by atoms with Gasteiger partial charge in [0.15, 0.2) is 0 Å². The molecule has 0 bridgehead atoms. The quantitative estimate of drug-likeness (QED) is 0.228. The number of aromatic amines is 2. The van der Waals surface area contributed by atoms with Crippen LogP contribution in [0.25, 0.3) is 55.6 Å². The summed E-state index contributed by atoms with van der Waals surface area (Å²) in [5.41, 5.74) is 10.3. The Bertz CT molecular complexity index is 1890. The number of rotatable bonds is 7. The van der Waals surface area contributed by atoms with E-state index in [-0.39, 0.29) is 0 Å². The summed E-state index contributed by atoms with van der Waals surface area (Å²) in [6.45, 7) is 1.56. The molecule has 7 aromatic rings. The molecule has 7 rings (SSSR count). The Kier molecular flexibility index (Phi) is 5.88. The molecule has 188 valence electrons. The number of aromatic nitrogens is 6. The molecule has 0 aliphatic carbocycles. The first-order valence-corrected chi connectivity index (χ1v) is 12.9. The smallest absolute Gasteiger partial charge is 0.138 e. The topological polar surface area (TPSA) is 95.2 Å². The van der Waals surface area contributed by atoms with Gasteiger partial charge in [-0.3, -0.25) is 15.1 Å². The molecular weight excluding hydrogens is 482 g/mol. The van der Waals surface area contributed by atoms with Crippen LogP contribution in [0.5, 0.6) is 0 Å². The molecular formula is C32H25N7. The SMILES string of the molecule is c1ccc(CNCc2cncc(-c3ccc4[nH]nc(-c5cc6c(-c7ccncc7)ccnc6[nH]5)c4c3)c2)cc1. The number of benzene rings is 2.